The predicted octanol–water partition coefficient (Wildman–Crippen LogP) is 5.04. The van der Waals surface area contributed by atoms with Crippen LogP contribution in [0, 0.1) is 0 Å². The maximum Gasteiger partial charge on any atom is -0.0172 e. The second-order valence-electron chi connectivity index (χ2n) is 3.51. The highest BCUT2D eigenvalue weighted by atomic mass is 13.9. The summed E-state index contributed by atoms with van der Waals surface area (Å²) in [5.41, 5.74) is 0. The molecule has 0 rings (SSSR count). The minimum atomic E-state index is 1.01. The van der Waals surface area contributed by atoms with Crippen LogP contribution in [0.4, 0.5) is 0 Å². The van der Waals surface area contributed by atoms with Gasteiger partial charge in [0, 0.05) is 0 Å². The lowest BCUT2D eigenvalue weighted by molar-refractivity contribution is 0.695. The van der Waals surface area contributed by atoms with Crippen molar-refractivity contribution in [1.29, 1.82) is 0 Å². The Hall–Kier alpha value is -0.780. The normalized spacial score (nSPS) is 11.5. The molecule has 0 aromatic heterocycles. The van der Waals surface area contributed by atoms with Crippen LogP contribution in [-0.2, 0) is 0 Å². The highest BCUT2D eigenvalue weighted by Gasteiger charge is 1.85. The fraction of sp³-hybridized carbons (Fsp3) is 0.571. The standard InChI is InChI=1S/C14H24/c1-3-5-7-9-11-13-14-12-10-8-6-4-2/h3,6-9H,1,4-5,10-14H2,2H3. The Balaban J connectivity index is 3.05. The molecule has 0 bridgehead atoms. The SMILES string of the molecule is C=CCC=CCCCCCC=CCC. The van der Waals surface area contributed by atoms with E-state index in [1.807, 2.05) is 6.08 Å². The Kier molecular flexibility index (Phi) is 11.5. The zero-order valence-corrected chi connectivity index (χ0v) is 9.54. The van der Waals surface area contributed by atoms with Gasteiger partial charge in [0.25, 0.3) is 0 Å². The molecule has 0 aromatic carbocycles. The van der Waals surface area contributed by atoms with Gasteiger partial charge in [-0.2, -0.15) is 0 Å². The summed E-state index contributed by atoms with van der Waals surface area (Å²) < 4.78 is 0. The zero-order valence-electron chi connectivity index (χ0n) is 9.54. The molecule has 0 saturated carbocycles. The van der Waals surface area contributed by atoms with E-state index in [9.17, 15) is 0 Å². The molecule has 0 N–H and O–H groups in total. The Labute approximate surface area is 89.4 Å². The fourth-order valence-corrected chi connectivity index (χ4v) is 1.30. The summed E-state index contributed by atoms with van der Waals surface area (Å²) in [5.74, 6) is 0. The molecule has 14 heavy (non-hydrogen) atoms. The molecule has 0 aromatic rings. The van der Waals surface area contributed by atoms with Crippen LogP contribution >= 0.6 is 0 Å². The average Bonchev–Trinajstić information content (AvgIpc) is 2.21. The summed E-state index contributed by atoms with van der Waals surface area (Å²) >= 11 is 0. The molecule has 0 heterocycles. The number of unbranched alkanes of at least 4 members (excludes halogenated alkanes) is 4. The number of hydrogen-bond donors (Lipinski definition) is 0. The summed E-state index contributed by atoms with van der Waals surface area (Å²) in [6.45, 7) is 5.86. The summed E-state index contributed by atoms with van der Waals surface area (Å²) in [4.78, 5) is 0. The average molecular weight is 192 g/mol. The number of rotatable bonds is 9. The van der Waals surface area contributed by atoms with Crippen LogP contribution < -0.4 is 0 Å². The Morgan fingerprint density at radius 2 is 1.50 bits per heavy atom. The van der Waals surface area contributed by atoms with E-state index in [2.05, 4.69) is 37.8 Å². The molecule has 0 heteroatoms. The lowest BCUT2D eigenvalue weighted by Crippen LogP contribution is -1.74. The zero-order chi connectivity index (χ0) is 10.5. The van der Waals surface area contributed by atoms with Gasteiger partial charge in [-0.25, -0.2) is 0 Å². The quantitative estimate of drug-likeness (QED) is 0.355. The van der Waals surface area contributed by atoms with Crippen LogP contribution in [0.3, 0.4) is 0 Å². The molecule has 0 spiro atoms. The van der Waals surface area contributed by atoms with Crippen molar-refractivity contribution in [3.63, 3.8) is 0 Å². The van der Waals surface area contributed by atoms with Crippen molar-refractivity contribution in [1.82, 2.24) is 0 Å². The molecule has 0 amide bonds. The Bertz CT molecular complexity index is 163. The van der Waals surface area contributed by atoms with Gasteiger partial charge >= 0.3 is 0 Å². The van der Waals surface area contributed by atoms with Gasteiger partial charge in [0.2, 0.25) is 0 Å². The van der Waals surface area contributed by atoms with Gasteiger partial charge in [0.1, 0.15) is 0 Å². The minimum absolute atomic E-state index is 1.01. The molecular weight excluding hydrogens is 168 g/mol. The van der Waals surface area contributed by atoms with Crippen molar-refractivity contribution in [2.24, 2.45) is 0 Å². The number of hydrogen-bond acceptors (Lipinski definition) is 0. The second kappa shape index (κ2) is 12.2. The van der Waals surface area contributed by atoms with Crippen LogP contribution in [0.5, 0.6) is 0 Å². The Morgan fingerprint density at radius 1 is 0.857 bits per heavy atom. The third kappa shape index (κ3) is 11.2. The molecule has 0 aliphatic heterocycles. The molecule has 80 valence electrons. The van der Waals surface area contributed by atoms with Gasteiger partial charge < -0.3 is 0 Å². The van der Waals surface area contributed by atoms with Crippen LogP contribution in [0.1, 0.15) is 51.9 Å². The molecule has 0 nitrogen and oxygen atoms in total. The van der Waals surface area contributed by atoms with Gasteiger partial charge in [-0.15, -0.1) is 6.58 Å². The predicted molar refractivity (Wildman–Crippen MR) is 66.5 cm³/mol. The molecule has 0 unspecified atom stereocenters. The van der Waals surface area contributed by atoms with E-state index >= 15 is 0 Å². The van der Waals surface area contributed by atoms with Crippen LogP contribution in [0.15, 0.2) is 37.0 Å². The lowest BCUT2D eigenvalue weighted by atomic mass is 10.1. The van der Waals surface area contributed by atoms with E-state index in [1.54, 1.807) is 0 Å². The van der Waals surface area contributed by atoms with Gasteiger partial charge in [-0.05, 0) is 38.5 Å². The Morgan fingerprint density at radius 3 is 2.07 bits per heavy atom. The molecule has 0 saturated heterocycles. The van der Waals surface area contributed by atoms with Crippen molar-refractivity contribution in [2.45, 2.75) is 51.9 Å². The summed E-state index contributed by atoms with van der Waals surface area (Å²) in [7, 11) is 0. The maximum atomic E-state index is 3.68. The van der Waals surface area contributed by atoms with Crippen LogP contribution in [0.25, 0.3) is 0 Å². The molecule has 0 atom stereocenters. The molecular formula is C14H24. The van der Waals surface area contributed by atoms with Crippen molar-refractivity contribution < 1.29 is 0 Å². The first kappa shape index (κ1) is 13.2. The van der Waals surface area contributed by atoms with Crippen molar-refractivity contribution in [2.75, 3.05) is 0 Å². The van der Waals surface area contributed by atoms with Gasteiger partial charge in [0.15, 0.2) is 0 Å². The molecule has 0 fully saturated rings. The smallest absolute Gasteiger partial charge is 0.0172 e. The third-order valence-corrected chi connectivity index (χ3v) is 2.11. The first-order chi connectivity index (χ1) is 6.91. The van der Waals surface area contributed by atoms with Crippen molar-refractivity contribution in [3.8, 4) is 0 Å². The van der Waals surface area contributed by atoms with Gasteiger partial charge in [-0.1, -0.05) is 43.7 Å². The molecule has 0 aliphatic rings. The van der Waals surface area contributed by atoms with E-state index < -0.39 is 0 Å². The summed E-state index contributed by atoms with van der Waals surface area (Å²) in [6.07, 6.45) is 19.6. The summed E-state index contributed by atoms with van der Waals surface area (Å²) in [5, 5.41) is 0. The van der Waals surface area contributed by atoms with Crippen LogP contribution in [-0.4, -0.2) is 0 Å². The van der Waals surface area contributed by atoms with E-state index in [0.29, 0.717) is 0 Å². The van der Waals surface area contributed by atoms with Crippen molar-refractivity contribution in [3.05, 3.63) is 37.0 Å². The fourth-order valence-electron chi connectivity index (χ4n) is 1.30. The van der Waals surface area contributed by atoms with E-state index in [4.69, 9.17) is 0 Å². The third-order valence-electron chi connectivity index (χ3n) is 2.11. The van der Waals surface area contributed by atoms with Gasteiger partial charge in [-0.3, -0.25) is 0 Å². The topological polar surface area (TPSA) is 0 Å². The highest BCUT2D eigenvalue weighted by molar-refractivity contribution is 4.88. The monoisotopic (exact) mass is 192 g/mol. The maximum absolute atomic E-state index is 3.68. The van der Waals surface area contributed by atoms with Crippen LogP contribution in [0.2, 0.25) is 0 Å². The van der Waals surface area contributed by atoms with Crippen molar-refractivity contribution >= 4 is 0 Å². The van der Waals surface area contributed by atoms with E-state index in [-0.39, 0.29) is 0 Å². The van der Waals surface area contributed by atoms with E-state index in [0.717, 1.165) is 6.42 Å². The number of allylic oxidation sites excluding steroid dienone is 5. The lowest BCUT2D eigenvalue weighted by Gasteiger charge is -1.94. The summed E-state index contributed by atoms with van der Waals surface area (Å²) in [6, 6.07) is 0. The minimum Gasteiger partial charge on any atom is -0.103 e. The largest absolute Gasteiger partial charge is 0.103 e. The second-order valence-corrected chi connectivity index (χ2v) is 3.51. The van der Waals surface area contributed by atoms with E-state index in [1.165, 1.54) is 38.5 Å². The molecule has 0 aliphatic carbocycles. The highest BCUT2D eigenvalue weighted by Crippen LogP contribution is 2.04. The van der Waals surface area contributed by atoms with Gasteiger partial charge in [0.05, 0.1) is 0 Å². The first-order valence-corrected chi connectivity index (χ1v) is 5.82. The first-order valence-electron chi connectivity index (χ1n) is 5.82. The molecule has 0 radical (unpaired) electrons.